The highest BCUT2D eigenvalue weighted by Gasteiger charge is 2.13. The second-order valence-corrected chi connectivity index (χ2v) is 14.7. The van der Waals surface area contributed by atoms with Gasteiger partial charge in [-0.1, -0.05) is 119 Å². The summed E-state index contributed by atoms with van der Waals surface area (Å²) >= 11 is 0. The Kier molecular flexibility index (Phi) is 13.2. The van der Waals surface area contributed by atoms with Gasteiger partial charge in [0.15, 0.2) is 0 Å². The van der Waals surface area contributed by atoms with Gasteiger partial charge in [0, 0.05) is 18.6 Å². The van der Waals surface area contributed by atoms with Gasteiger partial charge in [0.25, 0.3) is 0 Å². The lowest BCUT2D eigenvalue weighted by Gasteiger charge is -2.11. The fourth-order valence-corrected chi connectivity index (χ4v) is 6.13. The lowest BCUT2D eigenvalue weighted by molar-refractivity contribution is 0.393. The van der Waals surface area contributed by atoms with Gasteiger partial charge in [-0.25, -0.2) is 4.99 Å². The monoisotopic (exact) mass is 793 g/mol. The highest BCUT2D eigenvalue weighted by atomic mass is 16.5. The zero-order valence-electron chi connectivity index (χ0n) is 34.6. The van der Waals surface area contributed by atoms with E-state index in [0.29, 0.717) is 41.7 Å². The molecule has 0 atom stereocenters. The molecule has 1 aliphatic carbocycles. The van der Waals surface area contributed by atoms with Gasteiger partial charge in [0.2, 0.25) is 5.88 Å². The van der Waals surface area contributed by atoms with E-state index in [1.165, 1.54) is 16.7 Å². The molecule has 60 heavy (non-hydrogen) atoms. The predicted octanol–water partition coefficient (Wildman–Crippen LogP) is 12.6. The summed E-state index contributed by atoms with van der Waals surface area (Å²) in [5.74, 6) is 3.05. The first-order valence-electron chi connectivity index (χ1n) is 19.8. The summed E-state index contributed by atoms with van der Waals surface area (Å²) in [6.07, 6.45) is 10.7. The summed E-state index contributed by atoms with van der Waals surface area (Å²) in [5.41, 5.74) is 9.73. The van der Waals surface area contributed by atoms with Crippen LogP contribution in [0.2, 0.25) is 0 Å². The van der Waals surface area contributed by atoms with Crippen LogP contribution in [0, 0.1) is 20.8 Å². The Hall–Kier alpha value is -7.39. The average Bonchev–Trinajstić information content (AvgIpc) is 3.44. The first-order chi connectivity index (χ1) is 29.1. The van der Waals surface area contributed by atoms with Crippen LogP contribution in [-0.2, 0) is 6.42 Å². The van der Waals surface area contributed by atoms with Crippen LogP contribution in [0.4, 0.5) is 0 Å². The SMILES string of the molecule is C=C(/N=C(\N=C(/C)CC1=CCC=C(C)C=C1)Oc1ccc(C)cc1)Oc1ccc(-c2ccc(Oc3nc(Cc4ccc(C)cc4)nc(Oc4ccc(C)cc4)n3)cc2)cc1. The van der Waals surface area contributed by atoms with Crippen LogP contribution in [0.5, 0.6) is 35.0 Å². The Morgan fingerprint density at radius 3 is 1.65 bits per heavy atom. The van der Waals surface area contributed by atoms with E-state index in [4.69, 9.17) is 23.9 Å². The number of ether oxygens (including phenoxy) is 4. The van der Waals surface area contributed by atoms with E-state index in [0.717, 1.165) is 39.9 Å². The molecule has 1 aliphatic rings. The smallest absolute Gasteiger partial charge is 0.328 e. The fraction of sp³-hybridized carbons (Fsp3) is 0.157. The highest BCUT2D eigenvalue weighted by Crippen LogP contribution is 2.28. The van der Waals surface area contributed by atoms with Crippen molar-refractivity contribution in [3.63, 3.8) is 0 Å². The van der Waals surface area contributed by atoms with Crippen molar-refractivity contribution in [2.45, 2.75) is 53.9 Å². The van der Waals surface area contributed by atoms with E-state index in [-0.39, 0.29) is 23.9 Å². The molecule has 0 saturated carbocycles. The number of aryl methyl sites for hydroxylation is 3. The third-order valence-electron chi connectivity index (χ3n) is 9.42. The van der Waals surface area contributed by atoms with Crippen molar-refractivity contribution in [2.24, 2.45) is 9.98 Å². The summed E-state index contributed by atoms with van der Waals surface area (Å²) in [4.78, 5) is 23.0. The summed E-state index contributed by atoms with van der Waals surface area (Å²) in [7, 11) is 0. The lowest BCUT2D eigenvalue weighted by atomic mass is 10.1. The number of hydrogen-bond donors (Lipinski definition) is 0. The number of hydrogen-bond acceptors (Lipinski definition) is 8. The van der Waals surface area contributed by atoms with Gasteiger partial charge >= 0.3 is 18.0 Å². The minimum atomic E-state index is 0.140. The summed E-state index contributed by atoms with van der Waals surface area (Å²) in [6, 6.07) is 39.5. The second kappa shape index (κ2) is 19.4. The Labute approximate surface area is 351 Å². The maximum absolute atomic E-state index is 6.16. The van der Waals surface area contributed by atoms with Crippen molar-refractivity contribution in [1.82, 2.24) is 15.0 Å². The van der Waals surface area contributed by atoms with Crippen LogP contribution in [-0.4, -0.2) is 26.7 Å². The molecular weight excluding hydrogens is 747 g/mol. The van der Waals surface area contributed by atoms with E-state index in [9.17, 15) is 0 Å². The molecule has 0 bridgehead atoms. The van der Waals surface area contributed by atoms with Gasteiger partial charge in [-0.15, -0.1) is 4.98 Å². The molecule has 300 valence electrons. The molecule has 0 spiro atoms. The van der Waals surface area contributed by atoms with E-state index in [1.807, 2.05) is 118 Å². The molecule has 0 fully saturated rings. The molecule has 6 aromatic rings. The van der Waals surface area contributed by atoms with Crippen LogP contribution in [0.15, 0.2) is 179 Å². The van der Waals surface area contributed by atoms with Crippen LogP contribution in [0.25, 0.3) is 11.1 Å². The first kappa shape index (κ1) is 40.8. The molecule has 0 amide bonds. The summed E-state index contributed by atoms with van der Waals surface area (Å²) in [6.45, 7) is 14.2. The molecule has 1 aromatic heterocycles. The van der Waals surface area contributed by atoms with Crippen LogP contribution < -0.4 is 18.9 Å². The Bertz CT molecular complexity index is 2520. The Morgan fingerprint density at radius 2 is 1.07 bits per heavy atom. The predicted molar refractivity (Wildman–Crippen MR) is 239 cm³/mol. The van der Waals surface area contributed by atoms with Gasteiger partial charge in [-0.05, 0) is 118 Å². The summed E-state index contributed by atoms with van der Waals surface area (Å²) < 4.78 is 24.3. The summed E-state index contributed by atoms with van der Waals surface area (Å²) in [5, 5.41) is 0. The molecule has 7 rings (SSSR count). The van der Waals surface area contributed by atoms with Gasteiger partial charge in [-0.3, -0.25) is 0 Å². The minimum Gasteiger partial charge on any atom is -0.440 e. The quantitative estimate of drug-likeness (QED) is 0.0652. The standard InChI is InChI=1S/C51H47N5O4/c1-34-8-7-9-40(17-10-34)32-38(5)52-49(58-45-24-13-36(3)14-25-45)53-39(6)57-44-28-20-42(21-29-44)43-22-30-47(31-23-43)60-51-55-48(33-41-18-11-35(2)12-19-41)54-50(56-51)59-46-26-15-37(4)16-27-46/h8-31H,6-7,32-33H2,1-5H3/b52-38+,53-49+. The van der Waals surface area contributed by atoms with Crippen LogP contribution in [0.3, 0.4) is 0 Å². The number of rotatable bonds is 13. The van der Waals surface area contributed by atoms with E-state index >= 15 is 0 Å². The molecular formula is C51H47N5O4. The molecule has 1 heterocycles. The van der Waals surface area contributed by atoms with Crippen LogP contribution >= 0.6 is 0 Å². The lowest BCUT2D eigenvalue weighted by Crippen LogP contribution is -2.10. The van der Waals surface area contributed by atoms with Gasteiger partial charge in [0.05, 0.1) is 0 Å². The van der Waals surface area contributed by atoms with Crippen molar-refractivity contribution in [3.8, 4) is 46.1 Å². The second-order valence-electron chi connectivity index (χ2n) is 14.7. The number of aromatic nitrogens is 3. The molecule has 0 aliphatic heterocycles. The number of allylic oxidation sites excluding steroid dienone is 6. The number of aliphatic imine (C=N–C) groups is 2. The van der Waals surface area contributed by atoms with Crippen molar-refractivity contribution in [3.05, 3.63) is 197 Å². The van der Waals surface area contributed by atoms with Crippen molar-refractivity contribution in [2.75, 3.05) is 0 Å². The Balaban J connectivity index is 1.02. The van der Waals surface area contributed by atoms with Gasteiger partial charge in [0.1, 0.15) is 28.8 Å². The topological polar surface area (TPSA) is 100 Å². The van der Waals surface area contributed by atoms with Gasteiger partial charge in [-0.2, -0.15) is 15.0 Å². The van der Waals surface area contributed by atoms with Gasteiger partial charge < -0.3 is 18.9 Å². The van der Waals surface area contributed by atoms with Crippen molar-refractivity contribution < 1.29 is 18.9 Å². The number of nitrogens with zero attached hydrogens (tertiary/aromatic N) is 5. The maximum Gasteiger partial charge on any atom is 0.328 e. The molecule has 9 nitrogen and oxygen atoms in total. The minimum absolute atomic E-state index is 0.140. The van der Waals surface area contributed by atoms with Crippen molar-refractivity contribution in [1.29, 1.82) is 0 Å². The Morgan fingerprint density at radius 1 is 0.567 bits per heavy atom. The molecule has 0 radical (unpaired) electrons. The normalized spacial score (nSPS) is 12.9. The molecule has 9 heteroatoms. The van der Waals surface area contributed by atoms with E-state index < -0.39 is 0 Å². The third kappa shape index (κ3) is 12.1. The molecule has 0 N–H and O–H groups in total. The number of amidine groups is 1. The zero-order chi connectivity index (χ0) is 41.8. The van der Waals surface area contributed by atoms with E-state index in [1.54, 1.807) is 0 Å². The third-order valence-corrected chi connectivity index (χ3v) is 9.42. The van der Waals surface area contributed by atoms with E-state index in [2.05, 4.69) is 88.9 Å². The molecule has 5 aromatic carbocycles. The molecule has 0 saturated heterocycles. The largest absolute Gasteiger partial charge is 0.440 e. The fourth-order valence-electron chi connectivity index (χ4n) is 6.13. The highest BCUT2D eigenvalue weighted by molar-refractivity contribution is 5.96. The zero-order valence-corrected chi connectivity index (χ0v) is 34.6. The first-order valence-corrected chi connectivity index (χ1v) is 19.8. The average molecular weight is 794 g/mol. The van der Waals surface area contributed by atoms with Crippen LogP contribution in [0.1, 0.15) is 54.8 Å². The van der Waals surface area contributed by atoms with Crippen molar-refractivity contribution >= 4 is 11.7 Å². The molecule has 0 unspecified atom stereocenters. The number of benzene rings is 5. The maximum atomic E-state index is 6.16.